The quantitative estimate of drug-likeness (QED) is 0.441. The minimum Gasteiger partial charge on any atom is -0.322 e. The van der Waals surface area contributed by atoms with Crippen molar-refractivity contribution >= 4 is 21.6 Å². The van der Waals surface area contributed by atoms with E-state index in [-0.39, 0.29) is 4.90 Å². The van der Waals surface area contributed by atoms with Gasteiger partial charge in [-0.15, -0.1) is 0 Å². The number of amides is 1. The second-order valence-electron chi connectivity index (χ2n) is 6.59. The van der Waals surface area contributed by atoms with Crippen LogP contribution < -0.4 is 10.5 Å². The first kappa shape index (κ1) is 20.4. The fourth-order valence-corrected chi connectivity index (χ4v) is 3.41. The summed E-state index contributed by atoms with van der Waals surface area (Å²) in [4.78, 5) is 16.5. The summed E-state index contributed by atoms with van der Waals surface area (Å²) < 4.78 is 36.9. The number of primary sulfonamides is 1. The van der Waals surface area contributed by atoms with Gasteiger partial charge in [0.1, 0.15) is 5.82 Å². The molecule has 10 heteroatoms. The van der Waals surface area contributed by atoms with Crippen LogP contribution in [0.1, 0.15) is 10.4 Å². The van der Waals surface area contributed by atoms with Crippen molar-refractivity contribution in [3.05, 3.63) is 84.2 Å². The lowest BCUT2D eigenvalue weighted by Crippen LogP contribution is -2.17. The average molecular weight is 437 g/mol. The predicted octanol–water partition coefficient (Wildman–Crippen LogP) is 3.18. The zero-order valence-electron chi connectivity index (χ0n) is 15.9. The number of aromatic nitrogens is 3. The lowest BCUT2D eigenvalue weighted by atomic mass is 10.1. The van der Waals surface area contributed by atoms with Crippen LogP contribution in [0.25, 0.3) is 22.8 Å². The molecule has 1 amide bonds. The van der Waals surface area contributed by atoms with Gasteiger partial charge in [-0.3, -0.25) is 9.89 Å². The highest BCUT2D eigenvalue weighted by Crippen LogP contribution is 2.22. The van der Waals surface area contributed by atoms with Crippen molar-refractivity contribution in [2.45, 2.75) is 4.90 Å². The summed E-state index contributed by atoms with van der Waals surface area (Å²) in [5.41, 5.74) is 1.56. The molecule has 0 aliphatic carbocycles. The van der Waals surface area contributed by atoms with E-state index in [0.717, 1.165) is 29.3 Å². The maximum Gasteiger partial charge on any atom is 0.258 e. The van der Waals surface area contributed by atoms with Crippen LogP contribution in [0, 0.1) is 5.82 Å². The van der Waals surface area contributed by atoms with Crippen LogP contribution in [0.2, 0.25) is 0 Å². The molecular formula is C21H16FN5O3S. The molecule has 0 fully saturated rings. The summed E-state index contributed by atoms with van der Waals surface area (Å²) in [5, 5.41) is 14.6. The second kappa shape index (κ2) is 8.09. The average Bonchev–Trinajstić information content (AvgIpc) is 3.24. The van der Waals surface area contributed by atoms with Gasteiger partial charge in [0, 0.05) is 16.8 Å². The molecular weight excluding hydrogens is 421 g/mol. The van der Waals surface area contributed by atoms with Gasteiger partial charge in [0.15, 0.2) is 11.6 Å². The van der Waals surface area contributed by atoms with E-state index in [4.69, 9.17) is 5.14 Å². The summed E-state index contributed by atoms with van der Waals surface area (Å²) in [6.45, 7) is 0. The molecule has 0 saturated heterocycles. The van der Waals surface area contributed by atoms with E-state index in [2.05, 4.69) is 20.5 Å². The minimum atomic E-state index is -4.07. The number of sulfonamides is 1. The van der Waals surface area contributed by atoms with Crippen molar-refractivity contribution in [1.29, 1.82) is 0 Å². The topological polar surface area (TPSA) is 131 Å². The number of hydrogen-bond donors (Lipinski definition) is 3. The maximum atomic E-state index is 14.0. The van der Waals surface area contributed by atoms with E-state index in [1.807, 2.05) is 30.3 Å². The molecule has 8 nitrogen and oxygen atoms in total. The van der Waals surface area contributed by atoms with E-state index >= 15 is 0 Å². The first-order valence-corrected chi connectivity index (χ1v) is 10.6. The number of hydrogen-bond acceptors (Lipinski definition) is 5. The van der Waals surface area contributed by atoms with Gasteiger partial charge in [-0.25, -0.2) is 22.9 Å². The number of halogens is 1. The van der Waals surface area contributed by atoms with Crippen molar-refractivity contribution in [2.24, 2.45) is 5.14 Å². The van der Waals surface area contributed by atoms with Crippen LogP contribution in [0.15, 0.2) is 77.7 Å². The highest BCUT2D eigenvalue weighted by Gasteiger charge is 2.17. The summed E-state index contributed by atoms with van der Waals surface area (Å²) in [5.74, 6) is -0.569. The second-order valence-corrected chi connectivity index (χ2v) is 8.15. The van der Waals surface area contributed by atoms with Crippen LogP contribution in [-0.4, -0.2) is 29.5 Å². The monoisotopic (exact) mass is 437 g/mol. The van der Waals surface area contributed by atoms with Gasteiger partial charge >= 0.3 is 0 Å². The highest BCUT2D eigenvalue weighted by atomic mass is 32.2. The van der Waals surface area contributed by atoms with E-state index in [1.165, 1.54) is 0 Å². The normalized spacial score (nSPS) is 11.3. The molecule has 0 unspecified atom stereocenters. The Hall–Kier alpha value is -3.89. The van der Waals surface area contributed by atoms with Crippen LogP contribution in [0.3, 0.4) is 0 Å². The molecule has 0 aliphatic heterocycles. The number of anilines is 1. The lowest BCUT2D eigenvalue weighted by Gasteiger charge is -2.08. The third-order valence-electron chi connectivity index (χ3n) is 4.44. The van der Waals surface area contributed by atoms with Crippen molar-refractivity contribution in [1.82, 2.24) is 15.2 Å². The molecule has 1 heterocycles. The molecule has 0 bridgehead atoms. The Labute approximate surface area is 177 Å². The fraction of sp³-hybridized carbons (Fsp3) is 0. The number of nitrogens with two attached hydrogens (primary N) is 1. The number of benzene rings is 3. The van der Waals surface area contributed by atoms with E-state index in [9.17, 15) is 17.6 Å². The van der Waals surface area contributed by atoms with Crippen LogP contribution in [0.4, 0.5) is 10.1 Å². The number of H-pyrrole nitrogens is 1. The smallest absolute Gasteiger partial charge is 0.258 e. The van der Waals surface area contributed by atoms with Gasteiger partial charge in [0.2, 0.25) is 10.0 Å². The molecule has 4 aromatic rings. The minimum absolute atomic E-state index is 0.353. The summed E-state index contributed by atoms with van der Waals surface area (Å²) in [7, 11) is -4.07. The molecule has 0 radical (unpaired) electrons. The SMILES string of the molecule is NS(=O)(=O)c1ccc(F)c(C(=O)Nc2ccc(-c3nc(-c4ccccc4)n[nH]3)cc2)c1. The molecule has 1 aromatic heterocycles. The van der Waals surface area contributed by atoms with Crippen LogP contribution in [-0.2, 0) is 10.0 Å². The van der Waals surface area contributed by atoms with E-state index in [1.54, 1.807) is 24.3 Å². The van der Waals surface area contributed by atoms with Crippen molar-refractivity contribution in [2.75, 3.05) is 5.32 Å². The van der Waals surface area contributed by atoms with Crippen molar-refractivity contribution < 1.29 is 17.6 Å². The van der Waals surface area contributed by atoms with Crippen molar-refractivity contribution in [3.8, 4) is 22.8 Å². The Bertz CT molecular complexity index is 1350. The number of aromatic amines is 1. The number of carbonyl (C=O) groups excluding carboxylic acids is 1. The van der Waals surface area contributed by atoms with Crippen molar-refractivity contribution in [3.63, 3.8) is 0 Å². The summed E-state index contributed by atoms with van der Waals surface area (Å²) in [6.07, 6.45) is 0. The molecule has 0 saturated carbocycles. The number of nitrogens with zero attached hydrogens (tertiary/aromatic N) is 2. The number of rotatable bonds is 5. The molecule has 3 aromatic carbocycles. The molecule has 0 atom stereocenters. The van der Waals surface area contributed by atoms with Crippen LogP contribution in [0.5, 0.6) is 0 Å². The Morgan fingerprint density at radius 1 is 0.968 bits per heavy atom. The van der Waals surface area contributed by atoms with Gasteiger partial charge in [-0.2, -0.15) is 5.10 Å². The Morgan fingerprint density at radius 3 is 2.35 bits per heavy atom. The fourth-order valence-electron chi connectivity index (χ4n) is 2.87. The third kappa shape index (κ3) is 4.49. The Balaban J connectivity index is 1.52. The largest absolute Gasteiger partial charge is 0.322 e. The Kier molecular flexibility index (Phi) is 5.32. The number of carbonyl (C=O) groups is 1. The molecule has 4 N–H and O–H groups in total. The standard InChI is InChI=1S/C21H16FN5O3S/c22-18-11-10-16(31(23,29)30)12-17(18)21(28)24-15-8-6-14(7-9-15)20-25-19(26-27-20)13-4-2-1-3-5-13/h1-12H,(H,24,28)(H2,23,29,30)(H,25,26,27). The Morgan fingerprint density at radius 2 is 1.68 bits per heavy atom. The van der Waals surface area contributed by atoms with Gasteiger partial charge in [-0.1, -0.05) is 30.3 Å². The summed E-state index contributed by atoms with van der Waals surface area (Å²) in [6, 6.07) is 18.9. The van der Waals surface area contributed by atoms with Gasteiger partial charge in [0.25, 0.3) is 5.91 Å². The first-order chi connectivity index (χ1) is 14.8. The number of nitrogens with one attached hydrogen (secondary N) is 2. The van der Waals surface area contributed by atoms with Gasteiger partial charge in [0.05, 0.1) is 10.5 Å². The van der Waals surface area contributed by atoms with Gasteiger partial charge in [-0.05, 0) is 42.5 Å². The molecule has 0 spiro atoms. The summed E-state index contributed by atoms with van der Waals surface area (Å²) >= 11 is 0. The third-order valence-corrected chi connectivity index (χ3v) is 5.36. The predicted molar refractivity (Wildman–Crippen MR) is 113 cm³/mol. The molecule has 156 valence electrons. The molecule has 4 rings (SSSR count). The lowest BCUT2D eigenvalue weighted by molar-refractivity contribution is 0.102. The highest BCUT2D eigenvalue weighted by molar-refractivity contribution is 7.89. The van der Waals surface area contributed by atoms with E-state index in [0.29, 0.717) is 17.3 Å². The zero-order valence-corrected chi connectivity index (χ0v) is 16.7. The first-order valence-electron chi connectivity index (χ1n) is 9.03. The van der Waals surface area contributed by atoms with E-state index < -0.39 is 27.3 Å². The molecule has 31 heavy (non-hydrogen) atoms. The maximum absolute atomic E-state index is 14.0. The van der Waals surface area contributed by atoms with Gasteiger partial charge < -0.3 is 5.32 Å². The van der Waals surface area contributed by atoms with Crippen LogP contribution >= 0.6 is 0 Å². The molecule has 0 aliphatic rings. The zero-order chi connectivity index (χ0) is 22.0.